The van der Waals surface area contributed by atoms with Gasteiger partial charge in [-0.05, 0) is 42.5 Å². The summed E-state index contributed by atoms with van der Waals surface area (Å²) in [5.41, 5.74) is 3.69. The van der Waals surface area contributed by atoms with Gasteiger partial charge in [0.1, 0.15) is 11.5 Å². The molecule has 1 N–H and O–H groups in total. The number of rotatable bonds is 6. The number of carbonyl (C=O) groups is 1. The molecular formula is C24H21N3O3. The van der Waals surface area contributed by atoms with Crippen LogP contribution in [-0.4, -0.2) is 30.1 Å². The van der Waals surface area contributed by atoms with Crippen molar-refractivity contribution in [2.75, 3.05) is 14.2 Å². The maximum atomic E-state index is 13.1. The Hall–Kier alpha value is -3.93. The highest BCUT2D eigenvalue weighted by Gasteiger charge is 2.15. The average Bonchev–Trinajstić information content (AvgIpc) is 2.82. The van der Waals surface area contributed by atoms with Gasteiger partial charge in [0.15, 0.2) is 0 Å². The number of benzene rings is 2. The molecule has 0 atom stereocenters. The van der Waals surface area contributed by atoms with E-state index in [2.05, 4.69) is 10.3 Å². The van der Waals surface area contributed by atoms with Crippen LogP contribution in [0.2, 0.25) is 0 Å². The molecule has 2 aromatic carbocycles. The van der Waals surface area contributed by atoms with E-state index in [0.29, 0.717) is 29.3 Å². The van der Waals surface area contributed by atoms with Crippen LogP contribution in [0.15, 0.2) is 73.1 Å². The highest BCUT2D eigenvalue weighted by Crippen LogP contribution is 2.26. The minimum absolute atomic E-state index is 0.191. The van der Waals surface area contributed by atoms with Gasteiger partial charge < -0.3 is 14.8 Å². The number of hydrogen-bond donors (Lipinski definition) is 1. The summed E-state index contributed by atoms with van der Waals surface area (Å²) >= 11 is 0. The van der Waals surface area contributed by atoms with Gasteiger partial charge in [-0.3, -0.25) is 9.78 Å². The predicted octanol–water partition coefficient (Wildman–Crippen LogP) is 4.24. The van der Waals surface area contributed by atoms with Gasteiger partial charge in [-0.25, -0.2) is 4.98 Å². The number of carbonyl (C=O) groups excluding carboxylic acids is 1. The molecule has 0 saturated carbocycles. The van der Waals surface area contributed by atoms with E-state index in [1.807, 2.05) is 54.6 Å². The molecule has 0 bridgehead atoms. The number of aromatic nitrogens is 2. The first-order chi connectivity index (χ1) is 14.7. The Bertz CT molecular complexity index is 1190. The molecule has 0 saturated heterocycles. The normalized spacial score (nSPS) is 10.6. The van der Waals surface area contributed by atoms with E-state index in [0.717, 1.165) is 22.0 Å². The Morgan fingerprint density at radius 3 is 2.63 bits per heavy atom. The van der Waals surface area contributed by atoms with Gasteiger partial charge in [0.05, 0.1) is 31.0 Å². The molecule has 0 radical (unpaired) electrons. The Kier molecular flexibility index (Phi) is 5.57. The lowest BCUT2D eigenvalue weighted by Gasteiger charge is -2.13. The van der Waals surface area contributed by atoms with Gasteiger partial charge in [-0.1, -0.05) is 18.2 Å². The second-order valence-electron chi connectivity index (χ2n) is 6.67. The van der Waals surface area contributed by atoms with Crippen molar-refractivity contribution in [3.05, 3.63) is 84.2 Å². The van der Waals surface area contributed by atoms with Gasteiger partial charge in [0, 0.05) is 35.5 Å². The first kappa shape index (κ1) is 19.4. The summed E-state index contributed by atoms with van der Waals surface area (Å²) in [7, 11) is 3.21. The van der Waals surface area contributed by atoms with Gasteiger partial charge in [-0.2, -0.15) is 0 Å². The van der Waals surface area contributed by atoms with Crippen LogP contribution in [0.3, 0.4) is 0 Å². The van der Waals surface area contributed by atoms with Crippen molar-refractivity contribution in [1.29, 1.82) is 0 Å². The fourth-order valence-electron chi connectivity index (χ4n) is 3.32. The number of hydrogen-bond acceptors (Lipinski definition) is 5. The van der Waals surface area contributed by atoms with E-state index >= 15 is 0 Å². The highest BCUT2D eigenvalue weighted by atomic mass is 16.5. The Balaban J connectivity index is 1.68. The molecule has 0 aliphatic carbocycles. The molecule has 0 unspecified atom stereocenters. The number of fused-ring (bicyclic) bond motifs is 1. The molecule has 2 aromatic heterocycles. The van der Waals surface area contributed by atoms with Crippen molar-refractivity contribution >= 4 is 16.8 Å². The lowest BCUT2D eigenvalue weighted by molar-refractivity contribution is 0.0952. The van der Waals surface area contributed by atoms with Crippen LogP contribution in [0, 0.1) is 0 Å². The van der Waals surface area contributed by atoms with Crippen molar-refractivity contribution in [3.63, 3.8) is 0 Å². The van der Waals surface area contributed by atoms with E-state index in [4.69, 9.17) is 14.5 Å². The molecule has 0 aliphatic heterocycles. The van der Waals surface area contributed by atoms with Crippen LogP contribution in [0.4, 0.5) is 0 Å². The third-order valence-corrected chi connectivity index (χ3v) is 4.85. The monoisotopic (exact) mass is 399 g/mol. The lowest BCUT2D eigenvalue weighted by atomic mass is 10.0. The molecule has 30 heavy (non-hydrogen) atoms. The zero-order valence-corrected chi connectivity index (χ0v) is 16.8. The second-order valence-corrected chi connectivity index (χ2v) is 6.67. The lowest BCUT2D eigenvalue weighted by Crippen LogP contribution is -2.23. The summed E-state index contributed by atoms with van der Waals surface area (Å²) in [6.45, 7) is 0.304. The fourth-order valence-corrected chi connectivity index (χ4v) is 3.32. The Morgan fingerprint density at radius 2 is 1.87 bits per heavy atom. The standard InChI is InChI=1S/C24H21N3O3/c1-29-18-9-10-23(30-2)17(12-18)15-26-24(28)20-13-22(16-6-5-11-25-14-16)27-21-8-4-3-7-19(20)21/h3-14H,15H2,1-2H3,(H,26,28). The van der Waals surface area contributed by atoms with E-state index in [-0.39, 0.29) is 5.91 Å². The quantitative estimate of drug-likeness (QED) is 0.525. The molecule has 0 spiro atoms. The predicted molar refractivity (Wildman–Crippen MR) is 116 cm³/mol. The molecule has 0 aliphatic rings. The number of nitrogens with one attached hydrogen (secondary N) is 1. The highest BCUT2D eigenvalue weighted by molar-refractivity contribution is 6.07. The average molecular weight is 399 g/mol. The van der Waals surface area contributed by atoms with Crippen LogP contribution >= 0.6 is 0 Å². The maximum Gasteiger partial charge on any atom is 0.252 e. The van der Waals surface area contributed by atoms with E-state index in [1.54, 1.807) is 32.7 Å². The van der Waals surface area contributed by atoms with Crippen molar-refractivity contribution < 1.29 is 14.3 Å². The van der Waals surface area contributed by atoms with Crippen LogP contribution in [-0.2, 0) is 6.54 Å². The summed E-state index contributed by atoms with van der Waals surface area (Å²) in [5, 5.41) is 3.79. The minimum Gasteiger partial charge on any atom is -0.497 e. The molecule has 2 heterocycles. The Labute approximate surface area is 174 Å². The zero-order chi connectivity index (χ0) is 20.9. The van der Waals surface area contributed by atoms with E-state index in [9.17, 15) is 4.79 Å². The summed E-state index contributed by atoms with van der Waals surface area (Å²) in [6.07, 6.45) is 3.44. The molecule has 0 fully saturated rings. The molecule has 6 nitrogen and oxygen atoms in total. The van der Waals surface area contributed by atoms with Crippen molar-refractivity contribution in [3.8, 4) is 22.8 Å². The number of ether oxygens (including phenoxy) is 2. The van der Waals surface area contributed by atoms with E-state index < -0.39 is 0 Å². The summed E-state index contributed by atoms with van der Waals surface area (Å²) in [5.74, 6) is 1.20. The van der Waals surface area contributed by atoms with Crippen LogP contribution < -0.4 is 14.8 Å². The molecular weight excluding hydrogens is 378 g/mol. The SMILES string of the molecule is COc1ccc(OC)c(CNC(=O)c2cc(-c3cccnc3)nc3ccccc23)c1. The van der Waals surface area contributed by atoms with E-state index in [1.165, 1.54) is 0 Å². The van der Waals surface area contributed by atoms with Crippen LogP contribution in [0.25, 0.3) is 22.2 Å². The molecule has 150 valence electrons. The van der Waals surface area contributed by atoms with Crippen molar-refractivity contribution in [2.24, 2.45) is 0 Å². The van der Waals surface area contributed by atoms with Crippen molar-refractivity contribution in [1.82, 2.24) is 15.3 Å². The number of para-hydroxylation sites is 1. The third kappa shape index (κ3) is 3.93. The smallest absolute Gasteiger partial charge is 0.252 e. The number of amides is 1. The van der Waals surface area contributed by atoms with Gasteiger partial charge in [0.25, 0.3) is 5.91 Å². The second kappa shape index (κ2) is 8.61. The van der Waals surface area contributed by atoms with Crippen LogP contribution in [0.1, 0.15) is 15.9 Å². The third-order valence-electron chi connectivity index (χ3n) is 4.85. The maximum absolute atomic E-state index is 13.1. The Morgan fingerprint density at radius 1 is 1.00 bits per heavy atom. The number of nitrogens with zero attached hydrogens (tertiary/aromatic N) is 2. The fraction of sp³-hybridized carbons (Fsp3) is 0.125. The topological polar surface area (TPSA) is 73.3 Å². The first-order valence-corrected chi connectivity index (χ1v) is 9.49. The molecule has 6 heteroatoms. The summed E-state index contributed by atoms with van der Waals surface area (Å²) in [4.78, 5) is 22.0. The van der Waals surface area contributed by atoms with Gasteiger partial charge in [0.2, 0.25) is 0 Å². The molecule has 4 aromatic rings. The van der Waals surface area contributed by atoms with Crippen LogP contribution in [0.5, 0.6) is 11.5 Å². The minimum atomic E-state index is -0.191. The first-order valence-electron chi connectivity index (χ1n) is 9.49. The van der Waals surface area contributed by atoms with Crippen molar-refractivity contribution in [2.45, 2.75) is 6.54 Å². The molecule has 1 amide bonds. The number of pyridine rings is 2. The molecule has 4 rings (SSSR count). The van der Waals surface area contributed by atoms with Gasteiger partial charge in [-0.15, -0.1) is 0 Å². The number of methoxy groups -OCH3 is 2. The largest absolute Gasteiger partial charge is 0.497 e. The zero-order valence-electron chi connectivity index (χ0n) is 16.8. The summed E-state index contributed by atoms with van der Waals surface area (Å²) in [6, 6.07) is 18.7. The van der Waals surface area contributed by atoms with Gasteiger partial charge >= 0.3 is 0 Å². The summed E-state index contributed by atoms with van der Waals surface area (Å²) < 4.78 is 10.7.